The van der Waals surface area contributed by atoms with Gasteiger partial charge >= 0.3 is 0 Å². The highest BCUT2D eigenvalue weighted by Gasteiger charge is 2.12. The zero-order valence-electron chi connectivity index (χ0n) is 18.1. The minimum absolute atomic E-state index is 0.332. The monoisotopic (exact) mass is 562 g/mol. The number of hydrogen-bond donors (Lipinski definition) is 1. The Labute approximate surface area is 206 Å². The first-order chi connectivity index (χ1) is 15.4. The van der Waals surface area contributed by atoms with Gasteiger partial charge in [0.1, 0.15) is 6.61 Å². The molecule has 1 amide bonds. The van der Waals surface area contributed by atoms with Gasteiger partial charge < -0.3 is 9.47 Å². The molecule has 0 aliphatic rings. The van der Waals surface area contributed by atoms with Crippen LogP contribution in [0.1, 0.15) is 39.5 Å². The number of carbonyl (C=O) groups is 1. The van der Waals surface area contributed by atoms with Gasteiger partial charge in [0.2, 0.25) is 0 Å². The normalized spacial score (nSPS) is 10.9. The standard InChI is InChI=1S/C25H24ClIN2O3/c1-4-31-23-12-19(14-28-29-25(30)20-10-7-17(3)21(26)13-20)11-22(27)24(23)32-15-18-8-5-16(2)6-9-18/h5-14H,4,15H2,1-3H3,(H,29,30)/b28-14-. The summed E-state index contributed by atoms with van der Waals surface area (Å²) in [6.45, 7) is 6.80. The lowest BCUT2D eigenvalue weighted by Gasteiger charge is -2.15. The van der Waals surface area contributed by atoms with Crippen LogP contribution in [0.25, 0.3) is 0 Å². The van der Waals surface area contributed by atoms with Crippen molar-refractivity contribution in [2.24, 2.45) is 5.10 Å². The summed E-state index contributed by atoms with van der Waals surface area (Å²) in [6.07, 6.45) is 1.57. The van der Waals surface area contributed by atoms with Crippen molar-refractivity contribution in [3.8, 4) is 11.5 Å². The highest BCUT2D eigenvalue weighted by atomic mass is 127. The highest BCUT2D eigenvalue weighted by Crippen LogP contribution is 2.34. The minimum atomic E-state index is -0.332. The van der Waals surface area contributed by atoms with Crippen LogP contribution in [0.5, 0.6) is 11.5 Å². The number of halogens is 2. The molecule has 0 radical (unpaired) electrons. The van der Waals surface area contributed by atoms with Crippen molar-refractivity contribution in [2.75, 3.05) is 6.61 Å². The number of hydrogen-bond acceptors (Lipinski definition) is 4. The van der Waals surface area contributed by atoms with E-state index in [-0.39, 0.29) is 5.91 Å². The summed E-state index contributed by atoms with van der Waals surface area (Å²) in [5.74, 6) is 0.981. The molecule has 0 atom stereocenters. The van der Waals surface area contributed by atoms with Gasteiger partial charge in [-0.3, -0.25) is 4.79 Å². The van der Waals surface area contributed by atoms with Crippen LogP contribution in [0.3, 0.4) is 0 Å². The van der Waals surface area contributed by atoms with Crippen molar-refractivity contribution < 1.29 is 14.3 Å². The van der Waals surface area contributed by atoms with Crippen molar-refractivity contribution >= 4 is 46.3 Å². The quantitative estimate of drug-likeness (QED) is 0.199. The Morgan fingerprint density at radius 1 is 1.09 bits per heavy atom. The summed E-state index contributed by atoms with van der Waals surface area (Å²) in [5, 5.41) is 4.62. The highest BCUT2D eigenvalue weighted by molar-refractivity contribution is 14.1. The van der Waals surface area contributed by atoms with Crippen LogP contribution in [0.15, 0.2) is 59.7 Å². The Balaban J connectivity index is 1.71. The van der Waals surface area contributed by atoms with E-state index in [1.807, 2.05) is 38.1 Å². The molecule has 0 aromatic heterocycles. The van der Waals surface area contributed by atoms with Crippen molar-refractivity contribution in [3.63, 3.8) is 0 Å². The number of carbonyl (C=O) groups excluding carboxylic acids is 1. The molecule has 7 heteroatoms. The summed E-state index contributed by atoms with van der Waals surface area (Å²) >= 11 is 8.31. The Morgan fingerprint density at radius 3 is 2.53 bits per heavy atom. The number of amides is 1. The maximum atomic E-state index is 12.3. The topological polar surface area (TPSA) is 59.9 Å². The molecule has 5 nitrogen and oxygen atoms in total. The molecule has 166 valence electrons. The molecule has 3 aromatic rings. The molecule has 0 saturated heterocycles. The lowest BCUT2D eigenvalue weighted by molar-refractivity contribution is 0.0955. The smallest absolute Gasteiger partial charge is 0.271 e. The fraction of sp³-hybridized carbons (Fsp3) is 0.200. The van der Waals surface area contributed by atoms with Crippen LogP contribution in [-0.4, -0.2) is 18.7 Å². The van der Waals surface area contributed by atoms with E-state index in [0.29, 0.717) is 35.3 Å². The molecule has 0 aliphatic heterocycles. The molecule has 1 N–H and O–H groups in total. The molecule has 0 aliphatic carbocycles. The van der Waals surface area contributed by atoms with Gasteiger partial charge in [0.15, 0.2) is 11.5 Å². The van der Waals surface area contributed by atoms with Gasteiger partial charge in [0.05, 0.1) is 16.4 Å². The van der Waals surface area contributed by atoms with Crippen LogP contribution in [-0.2, 0) is 6.61 Å². The van der Waals surface area contributed by atoms with E-state index in [4.69, 9.17) is 21.1 Å². The predicted octanol–water partition coefficient (Wildman–Crippen LogP) is 6.30. The van der Waals surface area contributed by atoms with Gasteiger partial charge in [-0.15, -0.1) is 0 Å². The van der Waals surface area contributed by atoms with E-state index in [9.17, 15) is 4.79 Å². The molecular weight excluding hydrogens is 539 g/mol. The van der Waals surface area contributed by atoms with Gasteiger partial charge in [-0.25, -0.2) is 5.43 Å². The van der Waals surface area contributed by atoms with Gasteiger partial charge in [0, 0.05) is 10.6 Å². The van der Waals surface area contributed by atoms with Crippen molar-refractivity contribution in [3.05, 3.63) is 91.0 Å². The second kappa shape index (κ2) is 11.3. The van der Waals surface area contributed by atoms with Crippen molar-refractivity contribution in [1.82, 2.24) is 5.43 Å². The maximum absolute atomic E-state index is 12.3. The predicted molar refractivity (Wildman–Crippen MR) is 137 cm³/mol. The number of hydrazone groups is 1. The average molecular weight is 563 g/mol. The lowest BCUT2D eigenvalue weighted by atomic mass is 10.1. The number of benzene rings is 3. The molecule has 0 heterocycles. The summed E-state index contributed by atoms with van der Waals surface area (Å²) in [7, 11) is 0. The molecule has 32 heavy (non-hydrogen) atoms. The molecule has 0 saturated carbocycles. The molecular formula is C25H24ClIN2O3. The second-order valence-corrected chi connectivity index (χ2v) is 8.77. The summed E-state index contributed by atoms with van der Waals surface area (Å²) < 4.78 is 12.7. The van der Waals surface area contributed by atoms with Crippen molar-refractivity contribution in [2.45, 2.75) is 27.4 Å². The van der Waals surface area contributed by atoms with Gasteiger partial charge in [0.25, 0.3) is 5.91 Å². The number of aryl methyl sites for hydroxylation is 2. The van der Waals surface area contributed by atoms with E-state index >= 15 is 0 Å². The van der Waals surface area contributed by atoms with E-state index < -0.39 is 0 Å². The van der Waals surface area contributed by atoms with E-state index in [1.165, 1.54) is 5.56 Å². The third-order valence-corrected chi connectivity index (χ3v) is 5.86. The fourth-order valence-electron chi connectivity index (χ4n) is 2.87. The number of nitrogens with one attached hydrogen (secondary N) is 1. The Hall–Kier alpha value is -2.58. The van der Waals surface area contributed by atoms with E-state index in [1.54, 1.807) is 24.4 Å². The Morgan fingerprint density at radius 2 is 1.84 bits per heavy atom. The maximum Gasteiger partial charge on any atom is 0.271 e. The SMILES string of the molecule is CCOc1cc(/C=N\NC(=O)c2ccc(C)c(Cl)c2)cc(I)c1OCc1ccc(C)cc1. The zero-order valence-corrected chi connectivity index (χ0v) is 21.0. The number of ether oxygens (including phenoxy) is 2. The first-order valence-corrected chi connectivity index (χ1v) is 11.6. The second-order valence-electron chi connectivity index (χ2n) is 7.20. The Bertz CT molecular complexity index is 1130. The molecule has 0 unspecified atom stereocenters. The largest absolute Gasteiger partial charge is 0.490 e. The van der Waals surface area contributed by atoms with Crippen LogP contribution in [0, 0.1) is 17.4 Å². The molecule has 3 aromatic carbocycles. The summed E-state index contributed by atoms with van der Waals surface area (Å²) in [6, 6.07) is 17.1. The van der Waals surface area contributed by atoms with E-state index in [2.05, 4.69) is 52.2 Å². The summed E-state index contributed by atoms with van der Waals surface area (Å²) in [5.41, 5.74) is 6.96. The van der Waals surface area contributed by atoms with Gasteiger partial charge in [-0.1, -0.05) is 47.5 Å². The first-order valence-electron chi connectivity index (χ1n) is 10.1. The zero-order chi connectivity index (χ0) is 23.1. The van der Waals surface area contributed by atoms with Crippen LogP contribution in [0.4, 0.5) is 0 Å². The molecule has 0 bridgehead atoms. The number of rotatable bonds is 8. The van der Waals surface area contributed by atoms with Crippen LogP contribution >= 0.6 is 34.2 Å². The molecule has 0 fully saturated rings. The van der Waals surface area contributed by atoms with Gasteiger partial charge in [-0.2, -0.15) is 5.10 Å². The molecule has 3 rings (SSSR count). The Kier molecular flexibility index (Phi) is 8.53. The molecule has 0 spiro atoms. The average Bonchev–Trinajstić information content (AvgIpc) is 2.76. The summed E-state index contributed by atoms with van der Waals surface area (Å²) in [4.78, 5) is 12.3. The van der Waals surface area contributed by atoms with Crippen LogP contribution in [0.2, 0.25) is 5.02 Å². The van der Waals surface area contributed by atoms with E-state index in [0.717, 1.165) is 20.3 Å². The van der Waals surface area contributed by atoms with Crippen LogP contribution < -0.4 is 14.9 Å². The fourth-order valence-corrected chi connectivity index (χ4v) is 3.83. The van der Waals surface area contributed by atoms with Gasteiger partial charge in [-0.05, 0) is 84.3 Å². The first kappa shape index (κ1) is 24.1. The lowest BCUT2D eigenvalue weighted by Crippen LogP contribution is -2.17. The third kappa shape index (κ3) is 6.46. The van der Waals surface area contributed by atoms with Crippen molar-refractivity contribution in [1.29, 1.82) is 0 Å². The minimum Gasteiger partial charge on any atom is -0.490 e. The third-order valence-electron chi connectivity index (χ3n) is 4.65. The number of nitrogens with zero attached hydrogens (tertiary/aromatic N) is 1.